The minimum Gasteiger partial charge on any atom is -0.471 e. The van der Waals surface area contributed by atoms with Crippen LogP contribution in [-0.4, -0.2) is 50.3 Å². The van der Waals surface area contributed by atoms with E-state index in [1.54, 1.807) is 4.57 Å². The zero-order chi connectivity index (χ0) is 22.7. The van der Waals surface area contributed by atoms with E-state index >= 15 is 0 Å². The van der Waals surface area contributed by atoms with Crippen LogP contribution in [0, 0.1) is 0 Å². The lowest BCUT2D eigenvalue weighted by Crippen LogP contribution is -2.31. The van der Waals surface area contributed by atoms with E-state index in [0.29, 0.717) is 17.6 Å². The monoisotopic (exact) mass is 441 g/mol. The first-order chi connectivity index (χ1) is 15.4. The highest BCUT2D eigenvalue weighted by Crippen LogP contribution is 2.34. The summed E-state index contributed by atoms with van der Waals surface area (Å²) in [7, 11) is 0. The summed E-state index contributed by atoms with van der Waals surface area (Å²) in [5.74, 6) is -0.632. The maximum atomic E-state index is 11.5. The van der Waals surface area contributed by atoms with Gasteiger partial charge in [0.1, 0.15) is 31.6 Å². The van der Waals surface area contributed by atoms with Gasteiger partial charge in [-0.15, -0.1) is 0 Å². The van der Waals surface area contributed by atoms with Gasteiger partial charge in [-0.3, -0.25) is 14.2 Å². The van der Waals surface area contributed by atoms with Crippen molar-refractivity contribution >= 4 is 29.1 Å². The first-order valence-corrected chi connectivity index (χ1v) is 10.0. The third-order valence-corrected chi connectivity index (χ3v) is 4.88. The van der Waals surface area contributed by atoms with Gasteiger partial charge in [0.15, 0.2) is 11.2 Å². The first-order valence-electron chi connectivity index (χ1n) is 10.0. The molecule has 0 spiro atoms. The minimum absolute atomic E-state index is 0.0216. The molecule has 1 aliphatic rings. The molecule has 11 nitrogen and oxygen atoms in total. The van der Waals surface area contributed by atoms with Crippen LogP contribution in [0.5, 0.6) is 5.88 Å². The Labute approximate surface area is 183 Å². The molecule has 1 saturated heterocycles. The van der Waals surface area contributed by atoms with Gasteiger partial charge >= 0.3 is 11.9 Å². The Hall–Kier alpha value is -3.73. The molecule has 3 unspecified atom stereocenters. The van der Waals surface area contributed by atoms with Crippen LogP contribution in [0.4, 0.5) is 5.95 Å². The Kier molecular flexibility index (Phi) is 6.17. The molecule has 0 amide bonds. The highest BCUT2D eigenvalue weighted by Gasteiger charge is 2.40. The first kappa shape index (κ1) is 21.5. The van der Waals surface area contributed by atoms with Crippen molar-refractivity contribution in [2.24, 2.45) is 0 Å². The van der Waals surface area contributed by atoms with E-state index < -0.39 is 30.4 Å². The van der Waals surface area contributed by atoms with Crippen LogP contribution in [0.1, 0.15) is 32.1 Å². The maximum Gasteiger partial charge on any atom is 0.303 e. The van der Waals surface area contributed by atoms with Gasteiger partial charge in [-0.2, -0.15) is 9.97 Å². The Morgan fingerprint density at radius 1 is 1.19 bits per heavy atom. The number of carbonyl (C=O) groups excluding carboxylic acids is 2. The second-order valence-electron chi connectivity index (χ2n) is 7.30. The van der Waals surface area contributed by atoms with Crippen LogP contribution in [0.15, 0.2) is 36.7 Å². The molecule has 1 fully saturated rings. The molecule has 2 N–H and O–H groups in total. The topological polar surface area (TPSA) is 141 Å². The van der Waals surface area contributed by atoms with Gasteiger partial charge in [0.05, 0.1) is 6.33 Å². The van der Waals surface area contributed by atoms with Gasteiger partial charge in [-0.05, 0) is 5.56 Å². The molecular weight excluding hydrogens is 418 g/mol. The van der Waals surface area contributed by atoms with Gasteiger partial charge in [0.25, 0.3) is 0 Å². The second kappa shape index (κ2) is 9.18. The van der Waals surface area contributed by atoms with Crippen molar-refractivity contribution in [1.82, 2.24) is 19.5 Å². The molecule has 0 saturated carbocycles. The predicted molar refractivity (Wildman–Crippen MR) is 111 cm³/mol. The van der Waals surface area contributed by atoms with Crippen molar-refractivity contribution < 1.29 is 28.5 Å². The molecule has 168 valence electrons. The SMILES string of the molecule is CC(=O)OCC1OC(n2cnc3c(OCc4ccccc4)nc(N)nc32)CC1OC(C)=O. The molecule has 2 aromatic heterocycles. The van der Waals surface area contributed by atoms with E-state index in [2.05, 4.69) is 15.0 Å². The van der Waals surface area contributed by atoms with Crippen LogP contribution in [0.25, 0.3) is 11.2 Å². The highest BCUT2D eigenvalue weighted by molar-refractivity contribution is 5.77. The lowest BCUT2D eigenvalue weighted by molar-refractivity contribution is -0.155. The van der Waals surface area contributed by atoms with Crippen LogP contribution >= 0.6 is 0 Å². The van der Waals surface area contributed by atoms with E-state index in [0.717, 1.165) is 5.56 Å². The van der Waals surface area contributed by atoms with Crippen molar-refractivity contribution in [3.05, 3.63) is 42.2 Å². The largest absolute Gasteiger partial charge is 0.471 e. The number of aromatic nitrogens is 4. The highest BCUT2D eigenvalue weighted by atomic mass is 16.6. The zero-order valence-electron chi connectivity index (χ0n) is 17.6. The maximum absolute atomic E-state index is 11.5. The summed E-state index contributed by atoms with van der Waals surface area (Å²) in [5, 5.41) is 0. The molecular formula is C21H23N5O6. The number of anilines is 1. The van der Waals surface area contributed by atoms with Crippen LogP contribution in [0.3, 0.4) is 0 Å². The standard InChI is InChI=1S/C21H23N5O6/c1-12(27)29-10-16-15(31-13(2)28)8-17(32-16)26-11-23-18-19(26)24-21(22)25-20(18)30-9-14-6-4-3-5-7-14/h3-7,11,15-17H,8-10H2,1-2H3,(H2,22,24,25). The number of hydrogen-bond donors (Lipinski definition) is 1. The molecule has 0 bridgehead atoms. The van der Waals surface area contributed by atoms with Crippen molar-refractivity contribution in [3.63, 3.8) is 0 Å². The van der Waals surface area contributed by atoms with Crippen molar-refractivity contribution in [2.45, 2.75) is 45.3 Å². The molecule has 4 rings (SSSR count). The van der Waals surface area contributed by atoms with E-state index in [1.807, 2.05) is 30.3 Å². The average molecular weight is 441 g/mol. The van der Waals surface area contributed by atoms with Gasteiger partial charge in [0, 0.05) is 20.3 Å². The molecule has 3 aromatic rings. The third kappa shape index (κ3) is 4.78. The average Bonchev–Trinajstić information content (AvgIpc) is 3.34. The smallest absolute Gasteiger partial charge is 0.303 e. The Bertz CT molecular complexity index is 1120. The van der Waals surface area contributed by atoms with Crippen molar-refractivity contribution in [2.75, 3.05) is 12.3 Å². The van der Waals surface area contributed by atoms with E-state index in [9.17, 15) is 9.59 Å². The summed E-state index contributed by atoms with van der Waals surface area (Å²) >= 11 is 0. The minimum atomic E-state index is -0.627. The quantitative estimate of drug-likeness (QED) is 0.539. The summed E-state index contributed by atoms with van der Waals surface area (Å²) < 4.78 is 24.0. The predicted octanol–water partition coefficient (Wildman–Crippen LogP) is 1.77. The molecule has 3 atom stereocenters. The number of rotatable bonds is 7. The molecule has 1 aliphatic heterocycles. The number of fused-ring (bicyclic) bond motifs is 1. The summed E-state index contributed by atoms with van der Waals surface area (Å²) in [4.78, 5) is 35.6. The van der Waals surface area contributed by atoms with Gasteiger partial charge < -0.3 is 24.7 Å². The summed E-state index contributed by atoms with van der Waals surface area (Å²) in [5.41, 5.74) is 7.72. The number of imidazole rings is 1. The van der Waals surface area contributed by atoms with Crippen LogP contribution < -0.4 is 10.5 Å². The fourth-order valence-corrected chi connectivity index (χ4v) is 3.50. The van der Waals surface area contributed by atoms with Gasteiger partial charge in [-0.1, -0.05) is 30.3 Å². The number of hydrogen-bond acceptors (Lipinski definition) is 10. The molecule has 32 heavy (non-hydrogen) atoms. The molecule has 0 aliphatic carbocycles. The molecule has 3 heterocycles. The van der Waals surface area contributed by atoms with E-state index in [4.69, 9.17) is 24.7 Å². The lowest BCUT2D eigenvalue weighted by atomic mass is 10.2. The number of esters is 2. The zero-order valence-corrected chi connectivity index (χ0v) is 17.6. The van der Waals surface area contributed by atoms with Crippen molar-refractivity contribution in [3.8, 4) is 5.88 Å². The number of nitrogen functional groups attached to an aromatic ring is 1. The Balaban J connectivity index is 1.58. The summed E-state index contributed by atoms with van der Waals surface area (Å²) in [6.07, 6.45) is 0.0700. The third-order valence-electron chi connectivity index (χ3n) is 4.88. The number of ether oxygens (including phenoxy) is 4. The lowest BCUT2D eigenvalue weighted by Gasteiger charge is -2.17. The number of nitrogens with two attached hydrogens (primary N) is 1. The van der Waals surface area contributed by atoms with E-state index in [1.165, 1.54) is 20.2 Å². The number of nitrogens with zero attached hydrogens (tertiary/aromatic N) is 4. The van der Waals surface area contributed by atoms with Crippen LogP contribution in [0.2, 0.25) is 0 Å². The summed E-state index contributed by atoms with van der Waals surface area (Å²) in [6.45, 7) is 2.86. The van der Waals surface area contributed by atoms with Gasteiger partial charge in [0.2, 0.25) is 11.8 Å². The fraction of sp³-hybridized carbons (Fsp3) is 0.381. The van der Waals surface area contributed by atoms with Crippen molar-refractivity contribution in [1.29, 1.82) is 0 Å². The normalized spacial score (nSPS) is 20.2. The van der Waals surface area contributed by atoms with Crippen LogP contribution in [-0.2, 0) is 30.4 Å². The number of carbonyl (C=O) groups is 2. The summed E-state index contributed by atoms with van der Waals surface area (Å²) in [6, 6.07) is 9.63. The molecule has 0 radical (unpaired) electrons. The van der Waals surface area contributed by atoms with E-state index in [-0.39, 0.29) is 25.0 Å². The number of benzene rings is 1. The molecule has 1 aromatic carbocycles. The fourth-order valence-electron chi connectivity index (χ4n) is 3.50. The Morgan fingerprint density at radius 3 is 2.69 bits per heavy atom. The van der Waals surface area contributed by atoms with Gasteiger partial charge in [-0.25, -0.2) is 4.98 Å². The Morgan fingerprint density at radius 2 is 1.97 bits per heavy atom. The molecule has 11 heteroatoms. The second-order valence-corrected chi connectivity index (χ2v) is 7.30.